The van der Waals surface area contributed by atoms with Crippen molar-refractivity contribution in [3.05, 3.63) is 23.8 Å². The number of nitrogens with zero attached hydrogens (tertiary/aromatic N) is 4. The SMILES string of the molecule is COC(C)Cn1nnnc1-c1cc(F)c(F)cc1N. The van der Waals surface area contributed by atoms with Gasteiger partial charge >= 0.3 is 0 Å². The number of aromatic nitrogens is 4. The number of hydrogen-bond donors (Lipinski definition) is 1. The van der Waals surface area contributed by atoms with Gasteiger partial charge in [0.1, 0.15) is 0 Å². The molecule has 0 aliphatic heterocycles. The van der Waals surface area contributed by atoms with Crippen molar-refractivity contribution in [1.82, 2.24) is 20.2 Å². The third kappa shape index (κ3) is 2.68. The van der Waals surface area contributed by atoms with Gasteiger partial charge < -0.3 is 10.5 Å². The Morgan fingerprint density at radius 1 is 1.37 bits per heavy atom. The molecule has 2 N–H and O–H groups in total. The molecule has 0 radical (unpaired) electrons. The van der Waals surface area contributed by atoms with E-state index < -0.39 is 11.6 Å². The average Bonchev–Trinajstić information content (AvgIpc) is 2.81. The maximum absolute atomic E-state index is 13.3. The average molecular weight is 269 g/mol. The molecule has 0 aliphatic rings. The molecule has 1 atom stereocenters. The summed E-state index contributed by atoms with van der Waals surface area (Å²) in [5.41, 5.74) is 5.98. The third-order valence-corrected chi connectivity index (χ3v) is 2.70. The van der Waals surface area contributed by atoms with Crippen LogP contribution < -0.4 is 5.73 Å². The fourth-order valence-electron chi connectivity index (χ4n) is 1.59. The lowest BCUT2D eigenvalue weighted by molar-refractivity contribution is 0.0997. The first-order chi connectivity index (χ1) is 9.02. The predicted molar refractivity (Wildman–Crippen MR) is 64.1 cm³/mol. The number of nitrogen functional groups attached to an aromatic ring is 1. The molecule has 2 rings (SSSR count). The van der Waals surface area contributed by atoms with Crippen LogP contribution in [0.5, 0.6) is 0 Å². The lowest BCUT2D eigenvalue weighted by Crippen LogP contribution is -2.17. The lowest BCUT2D eigenvalue weighted by atomic mass is 10.1. The standard InChI is InChI=1S/C11H13F2N5O/c1-6(19-2)5-18-11(15-16-17-18)7-3-8(12)9(13)4-10(7)14/h3-4,6H,5,14H2,1-2H3. The molecule has 102 valence electrons. The highest BCUT2D eigenvalue weighted by atomic mass is 19.2. The molecule has 2 aromatic rings. The van der Waals surface area contributed by atoms with Gasteiger partial charge in [-0.15, -0.1) is 5.10 Å². The Labute approximate surface area is 108 Å². The number of nitrogens with two attached hydrogens (primary N) is 1. The summed E-state index contributed by atoms with van der Waals surface area (Å²) in [4.78, 5) is 0. The molecule has 1 aromatic heterocycles. The zero-order valence-electron chi connectivity index (χ0n) is 10.5. The van der Waals surface area contributed by atoms with E-state index in [-0.39, 0.29) is 23.2 Å². The highest BCUT2D eigenvalue weighted by Gasteiger charge is 2.16. The van der Waals surface area contributed by atoms with Crippen LogP contribution in [0.2, 0.25) is 0 Å². The zero-order chi connectivity index (χ0) is 14.0. The Hall–Kier alpha value is -2.09. The molecule has 6 nitrogen and oxygen atoms in total. The van der Waals surface area contributed by atoms with Gasteiger partial charge in [-0.2, -0.15) is 0 Å². The molecule has 0 aliphatic carbocycles. The van der Waals surface area contributed by atoms with Crippen LogP contribution in [0, 0.1) is 11.6 Å². The minimum absolute atomic E-state index is 0.0695. The fraction of sp³-hybridized carbons (Fsp3) is 0.364. The van der Waals surface area contributed by atoms with Gasteiger partial charge in [0.25, 0.3) is 0 Å². The van der Waals surface area contributed by atoms with E-state index in [9.17, 15) is 8.78 Å². The first kappa shape index (κ1) is 13.3. The van der Waals surface area contributed by atoms with E-state index in [2.05, 4.69) is 15.5 Å². The van der Waals surface area contributed by atoms with Crippen molar-refractivity contribution in [2.75, 3.05) is 12.8 Å². The van der Waals surface area contributed by atoms with E-state index in [1.165, 1.54) is 4.68 Å². The van der Waals surface area contributed by atoms with Crippen molar-refractivity contribution >= 4 is 5.69 Å². The molecule has 0 saturated carbocycles. The number of methoxy groups -OCH3 is 1. The number of hydrogen-bond acceptors (Lipinski definition) is 5. The monoisotopic (exact) mass is 269 g/mol. The number of anilines is 1. The molecule has 0 spiro atoms. The maximum Gasteiger partial charge on any atom is 0.184 e. The second-order valence-corrected chi connectivity index (χ2v) is 4.08. The van der Waals surface area contributed by atoms with Crippen molar-refractivity contribution in [2.24, 2.45) is 0 Å². The van der Waals surface area contributed by atoms with Gasteiger partial charge in [0.05, 0.1) is 12.6 Å². The third-order valence-electron chi connectivity index (χ3n) is 2.70. The van der Waals surface area contributed by atoms with Gasteiger partial charge in [0.15, 0.2) is 17.5 Å². The van der Waals surface area contributed by atoms with Gasteiger partial charge in [-0.05, 0) is 23.4 Å². The van der Waals surface area contributed by atoms with Crippen molar-refractivity contribution in [3.8, 4) is 11.4 Å². The first-order valence-corrected chi connectivity index (χ1v) is 5.56. The highest BCUT2D eigenvalue weighted by molar-refractivity contribution is 5.71. The Morgan fingerprint density at radius 2 is 2.05 bits per heavy atom. The second-order valence-electron chi connectivity index (χ2n) is 4.08. The van der Waals surface area contributed by atoms with Gasteiger partial charge in [0.2, 0.25) is 0 Å². The number of tetrazole rings is 1. The lowest BCUT2D eigenvalue weighted by Gasteiger charge is -2.11. The predicted octanol–water partition coefficient (Wildman–Crippen LogP) is 1.24. The van der Waals surface area contributed by atoms with Crippen LogP contribution in [0.1, 0.15) is 6.92 Å². The molecule has 8 heteroatoms. The summed E-state index contributed by atoms with van der Waals surface area (Å²) in [7, 11) is 1.56. The van der Waals surface area contributed by atoms with E-state index in [1.807, 2.05) is 6.92 Å². The Kier molecular flexibility index (Phi) is 3.70. The van der Waals surface area contributed by atoms with E-state index >= 15 is 0 Å². The number of benzene rings is 1. The smallest absolute Gasteiger partial charge is 0.184 e. The summed E-state index contributed by atoms with van der Waals surface area (Å²) in [6, 6.07) is 1.88. The number of ether oxygens (including phenoxy) is 1. The van der Waals surface area contributed by atoms with E-state index in [4.69, 9.17) is 10.5 Å². The molecular formula is C11H13F2N5O. The van der Waals surface area contributed by atoms with E-state index in [0.29, 0.717) is 6.54 Å². The molecule has 0 fully saturated rings. The molecule has 19 heavy (non-hydrogen) atoms. The van der Waals surface area contributed by atoms with Gasteiger partial charge in [-0.25, -0.2) is 13.5 Å². The van der Waals surface area contributed by atoms with E-state index in [1.54, 1.807) is 7.11 Å². The number of rotatable bonds is 4. The van der Waals surface area contributed by atoms with Crippen molar-refractivity contribution in [3.63, 3.8) is 0 Å². The van der Waals surface area contributed by atoms with Gasteiger partial charge in [0, 0.05) is 24.4 Å². The van der Waals surface area contributed by atoms with Crippen LogP contribution in [-0.2, 0) is 11.3 Å². The maximum atomic E-state index is 13.3. The fourth-order valence-corrected chi connectivity index (χ4v) is 1.59. The molecule has 0 saturated heterocycles. The van der Waals surface area contributed by atoms with Crippen LogP contribution in [0.3, 0.4) is 0 Å². The van der Waals surface area contributed by atoms with Crippen molar-refractivity contribution in [1.29, 1.82) is 0 Å². The molecule has 1 aromatic carbocycles. The normalized spacial score (nSPS) is 12.6. The zero-order valence-corrected chi connectivity index (χ0v) is 10.5. The summed E-state index contributed by atoms with van der Waals surface area (Å²) in [5.74, 6) is -1.75. The Morgan fingerprint density at radius 3 is 2.74 bits per heavy atom. The van der Waals surface area contributed by atoms with Crippen molar-refractivity contribution < 1.29 is 13.5 Å². The molecular weight excluding hydrogens is 256 g/mol. The van der Waals surface area contributed by atoms with Crippen LogP contribution >= 0.6 is 0 Å². The molecule has 0 amide bonds. The molecule has 1 unspecified atom stereocenters. The number of halogens is 2. The first-order valence-electron chi connectivity index (χ1n) is 5.56. The molecule has 1 heterocycles. The van der Waals surface area contributed by atoms with Crippen LogP contribution in [-0.4, -0.2) is 33.4 Å². The van der Waals surface area contributed by atoms with Crippen LogP contribution in [0.15, 0.2) is 12.1 Å². The largest absolute Gasteiger partial charge is 0.398 e. The second kappa shape index (κ2) is 5.27. The minimum Gasteiger partial charge on any atom is -0.398 e. The summed E-state index contributed by atoms with van der Waals surface area (Å²) in [5, 5.41) is 11.1. The van der Waals surface area contributed by atoms with Crippen LogP contribution in [0.25, 0.3) is 11.4 Å². The quantitative estimate of drug-likeness (QED) is 0.845. The van der Waals surface area contributed by atoms with E-state index in [0.717, 1.165) is 12.1 Å². The van der Waals surface area contributed by atoms with Crippen LogP contribution in [0.4, 0.5) is 14.5 Å². The summed E-state index contributed by atoms with van der Waals surface area (Å²) in [6.45, 7) is 2.21. The Bertz CT molecular complexity index is 586. The highest BCUT2D eigenvalue weighted by Crippen LogP contribution is 2.26. The minimum atomic E-state index is -1.01. The summed E-state index contributed by atoms with van der Waals surface area (Å²) >= 11 is 0. The topological polar surface area (TPSA) is 78.8 Å². The van der Waals surface area contributed by atoms with Crippen molar-refractivity contribution in [2.45, 2.75) is 19.6 Å². The van der Waals surface area contributed by atoms with Gasteiger partial charge in [-0.3, -0.25) is 0 Å². The summed E-state index contributed by atoms with van der Waals surface area (Å²) < 4.78 is 32.8. The summed E-state index contributed by atoms with van der Waals surface area (Å²) in [6.07, 6.45) is -0.131. The Balaban J connectivity index is 2.42. The van der Waals surface area contributed by atoms with Gasteiger partial charge in [-0.1, -0.05) is 0 Å². The molecule has 0 bridgehead atoms.